The maximum atomic E-state index is 6.01. The van der Waals surface area contributed by atoms with Crippen LogP contribution in [0.5, 0.6) is 0 Å². The van der Waals surface area contributed by atoms with E-state index in [1.165, 1.54) is 0 Å². The monoisotopic (exact) mass is 371 g/mol. The molecule has 0 fully saturated rings. The van der Waals surface area contributed by atoms with Crippen LogP contribution in [0.1, 0.15) is 12.1 Å². The summed E-state index contributed by atoms with van der Waals surface area (Å²) >= 11 is 0. The van der Waals surface area contributed by atoms with Gasteiger partial charge in [0.2, 0.25) is 0 Å². The third-order valence-corrected chi connectivity index (χ3v) is 4.70. The number of hydrogen-bond donors (Lipinski definition) is 3. The lowest BCUT2D eigenvalue weighted by atomic mass is 9.98. The molecule has 3 aromatic heterocycles. The highest BCUT2D eigenvalue weighted by atomic mass is 16.3. The number of rotatable bonds is 6. The third kappa shape index (κ3) is 3.48. The van der Waals surface area contributed by atoms with Crippen molar-refractivity contribution in [2.24, 2.45) is 5.73 Å². The average molecular weight is 371 g/mol. The molecule has 0 radical (unpaired) electrons. The molecule has 1 atom stereocenters. The first-order valence-corrected chi connectivity index (χ1v) is 9.06. The summed E-state index contributed by atoms with van der Waals surface area (Å²) in [6.07, 6.45) is 11.0. The van der Waals surface area contributed by atoms with Crippen LogP contribution in [0.2, 0.25) is 0 Å². The number of hydrogen-bond acceptors (Lipinski definition) is 5. The number of anilines is 1. The highest BCUT2D eigenvalue weighted by Crippen LogP contribution is 2.34. The van der Waals surface area contributed by atoms with Crippen molar-refractivity contribution in [3.05, 3.63) is 54.7 Å². The number of pyridine rings is 1. The molecule has 4 rings (SSSR count). The maximum Gasteiger partial charge on any atom is 0.0996 e. The van der Waals surface area contributed by atoms with Crippen LogP contribution >= 0.6 is 0 Å². The Morgan fingerprint density at radius 1 is 1.29 bits per heavy atom. The Bertz CT molecular complexity index is 1140. The lowest BCUT2D eigenvalue weighted by Crippen LogP contribution is -2.28. The SMILES string of the molecule is C#CC[C@@H](N)CNc1cnc(-c2ccoc2)c(-c2ccc3[nH]nc(C)c3c2)c1. The van der Waals surface area contributed by atoms with Gasteiger partial charge < -0.3 is 15.5 Å². The van der Waals surface area contributed by atoms with Crippen LogP contribution < -0.4 is 11.1 Å². The zero-order valence-electron chi connectivity index (χ0n) is 15.6. The fraction of sp³-hybridized carbons (Fsp3) is 0.182. The second-order valence-electron chi connectivity index (χ2n) is 6.75. The van der Waals surface area contributed by atoms with E-state index in [1.807, 2.05) is 19.1 Å². The molecule has 0 aliphatic carbocycles. The van der Waals surface area contributed by atoms with E-state index in [2.05, 4.69) is 44.6 Å². The van der Waals surface area contributed by atoms with Crippen LogP contribution in [0.25, 0.3) is 33.3 Å². The van der Waals surface area contributed by atoms with E-state index >= 15 is 0 Å². The molecule has 0 aliphatic heterocycles. The summed E-state index contributed by atoms with van der Waals surface area (Å²) in [5, 5.41) is 11.7. The minimum absolute atomic E-state index is 0.105. The highest BCUT2D eigenvalue weighted by Gasteiger charge is 2.13. The largest absolute Gasteiger partial charge is 0.472 e. The molecule has 0 bridgehead atoms. The molecule has 1 aromatic carbocycles. The number of aromatic nitrogens is 3. The van der Waals surface area contributed by atoms with E-state index in [9.17, 15) is 0 Å². The van der Waals surface area contributed by atoms with Crippen LogP contribution in [0.15, 0.2) is 53.5 Å². The molecule has 0 spiro atoms. The van der Waals surface area contributed by atoms with E-state index < -0.39 is 0 Å². The van der Waals surface area contributed by atoms with E-state index in [4.69, 9.17) is 16.6 Å². The number of nitrogens with zero attached hydrogens (tertiary/aromatic N) is 2. The second-order valence-corrected chi connectivity index (χ2v) is 6.75. The number of terminal acetylenes is 1. The number of fused-ring (bicyclic) bond motifs is 1. The standard InChI is InChI=1S/C22H21N5O/c1-3-4-17(23)11-24-18-10-20(22(25-12-18)16-7-8-28-13-16)15-5-6-21-19(9-15)14(2)26-27-21/h1,5-10,12-13,17,24H,4,11,23H2,2H3,(H,26,27)/t17-/m1/s1. The zero-order chi connectivity index (χ0) is 19.5. The molecule has 6 heteroatoms. The fourth-order valence-electron chi connectivity index (χ4n) is 3.20. The maximum absolute atomic E-state index is 6.01. The quantitative estimate of drug-likeness (QED) is 0.446. The highest BCUT2D eigenvalue weighted by molar-refractivity contribution is 5.90. The van der Waals surface area contributed by atoms with Gasteiger partial charge in [-0.25, -0.2) is 0 Å². The summed E-state index contributed by atoms with van der Waals surface area (Å²) < 4.78 is 5.27. The van der Waals surface area contributed by atoms with Gasteiger partial charge >= 0.3 is 0 Å². The summed E-state index contributed by atoms with van der Waals surface area (Å²) in [5.74, 6) is 2.59. The van der Waals surface area contributed by atoms with E-state index in [0.29, 0.717) is 13.0 Å². The lowest BCUT2D eigenvalue weighted by Gasteiger charge is -2.14. The molecule has 0 saturated carbocycles. The number of aryl methyl sites for hydroxylation is 1. The Hall–Kier alpha value is -3.56. The van der Waals surface area contributed by atoms with Crippen molar-refractivity contribution in [3.8, 4) is 34.7 Å². The van der Waals surface area contributed by atoms with Crippen molar-refractivity contribution in [2.45, 2.75) is 19.4 Å². The number of furan rings is 1. The summed E-state index contributed by atoms with van der Waals surface area (Å²) in [5.41, 5.74) is 12.7. The Labute approximate surface area is 163 Å². The van der Waals surface area contributed by atoms with Gasteiger partial charge in [-0.2, -0.15) is 5.10 Å². The van der Waals surface area contributed by atoms with Crippen molar-refractivity contribution < 1.29 is 4.42 Å². The Morgan fingerprint density at radius 3 is 2.96 bits per heavy atom. The number of nitrogens with one attached hydrogen (secondary N) is 2. The molecular weight excluding hydrogens is 350 g/mol. The fourth-order valence-corrected chi connectivity index (χ4v) is 3.20. The molecule has 0 unspecified atom stereocenters. The van der Waals surface area contributed by atoms with Gasteiger partial charge in [-0.15, -0.1) is 12.3 Å². The van der Waals surface area contributed by atoms with Crippen LogP contribution in [0, 0.1) is 19.3 Å². The molecule has 28 heavy (non-hydrogen) atoms. The Balaban J connectivity index is 1.76. The number of aromatic amines is 1. The average Bonchev–Trinajstić information content (AvgIpc) is 3.37. The van der Waals surface area contributed by atoms with Crippen molar-refractivity contribution in [2.75, 3.05) is 11.9 Å². The first-order valence-electron chi connectivity index (χ1n) is 9.06. The summed E-state index contributed by atoms with van der Waals surface area (Å²) in [6, 6.07) is 10.1. The predicted molar refractivity (Wildman–Crippen MR) is 112 cm³/mol. The van der Waals surface area contributed by atoms with E-state index in [1.54, 1.807) is 18.7 Å². The van der Waals surface area contributed by atoms with Gasteiger partial charge in [0.1, 0.15) is 0 Å². The molecular formula is C22H21N5O. The molecule has 0 amide bonds. The lowest BCUT2D eigenvalue weighted by molar-refractivity contribution is 0.568. The molecule has 4 N–H and O–H groups in total. The third-order valence-electron chi connectivity index (χ3n) is 4.70. The van der Waals surface area contributed by atoms with Gasteiger partial charge in [0.05, 0.1) is 41.3 Å². The number of benzene rings is 1. The van der Waals surface area contributed by atoms with Crippen molar-refractivity contribution in [1.29, 1.82) is 0 Å². The molecule has 3 heterocycles. The first kappa shape index (κ1) is 17.8. The van der Waals surface area contributed by atoms with E-state index in [-0.39, 0.29) is 6.04 Å². The minimum atomic E-state index is -0.105. The first-order chi connectivity index (χ1) is 13.7. The topological polar surface area (TPSA) is 92.8 Å². The molecule has 0 saturated heterocycles. The molecule has 4 aromatic rings. The van der Waals surface area contributed by atoms with Crippen molar-refractivity contribution in [1.82, 2.24) is 15.2 Å². The second kappa shape index (κ2) is 7.59. The normalized spacial score (nSPS) is 12.0. The minimum Gasteiger partial charge on any atom is -0.472 e. The van der Waals surface area contributed by atoms with Gasteiger partial charge in [0, 0.05) is 35.5 Å². The molecule has 0 aliphatic rings. The van der Waals surface area contributed by atoms with Gasteiger partial charge in [-0.05, 0) is 36.8 Å². The number of nitrogens with two attached hydrogens (primary N) is 1. The summed E-state index contributed by atoms with van der Waals surface area (Å²) in [4.78, 5) is 4.68. The predicted octanol–water partition coefficient (Wildman–Crippen LogP) is 3.96. The van der Waals surface area contributed by atoms with Gasteiger partial charge in [-0.1, -0.05) is 6.07 Å². The van der Waals surface area contributed by atoms with Crippen LogP contribution in [0.3, 0.4) is 0 Å². The smallest absolute Gasteiger partial charge is 0.0996 e. The van der Waals surface area contributed by atoms with Crippen LogP contribution in [0.4, 0.5) is 5.69 Å². The number of H-pyrrole nitrogens is 1. The zero-order valence-corrected chi connectivity index (χ0v) is 15.6. The van der Waals surface area contributed by atoms with Gasteiger partial charge in [0.25, 0.3) is 0 Å². The van der Waals surface area contributed by atoms with Crippen LogP contribution in [-0.2, 0) is 0 Å². The Morgan fingerprint density at radius 2 is 2.18 bits per heavy atom. The molecule has 140 valence electrons. The van der Waals surface area contributed by atoms with E-state index in [0.717, 1.165) is 44.7 Å². The molecule has 6 nitrogen and oxygen atoms in total. The summed E-state index contributed by atoms with van der Waals surface area (Å²) in [7, 11) is 0. The van der Waals surface area contributed by atoms with Crippen LogP contribution in [-0.4, -0.2) is 27.8 Å². The van der Waals surface area contributed by atoms with Gasteiger partial charge in [-0.3, -0.25) is 10.1 Å². The van der Waals surface area contributed by atoms with Crippen molar-refractivity contribution >= 4 is 16.6 Å². The van der Waals surface area contributed by atoms with Gasteiger partial charge in [0.15, 0.2) is 0 Å². The Kier molecular flexibility index (Phi) is 4.83. The summed E-state index contributed by atoms with van der Waals surface area (Å²) in [6.45, 7) is 2.57. The van der Waals surface area contributed by atoms with Crippen molar-refractivity contribution in [3.63, 3.8) is 0 Å².